The predicted octanol–water partition coefficient (Wildman–Crippen LogP) is 2.19. The summed E-state index contributed by atoms with van der Waals surface area (Å²) in [7, 11) is 9.75. The molecule has 0 bridgehead atoms. The Bertz CT molecular complexity index is 27.7. The van der Waals surface area contributed by atoms with E-state index in [1.165, 1.54) is 6.21 Å². The summed E-state index contributed by atoms with van der Waals surface area (Å²) in [5.41, 5.74) is 0. The zero-order valence-electron chi connectivity index (χ0n) is 3.86. The van der Waals surface area contributed by atoms with E-state index in [9.17, 15) is 0 Å². The van der Waals surface area contributed by atoms with Gasteiger partial charge in [-0.05, 0) is 13.1 Å². The summed E-state index contributed by atoms with van der Waals surface area (Å²) in [5.74, 6) is 0. The average Bonchev–Trinajstić information content (AvgIpc) is 1.39. The Labute approximate surface area is 60.1 Å². The molecule has 0 fully saturated rings. The SMILES string of the molecule is CC=N.N.[Cl][Pt][Cl]. The molecule has 5 heteroatoms. The summed E-state index contributed by atoms with van der Waals surface area (Å²) < 4.78 is 0. The van der Waals surface area contributed by atoms with Gasteiger partial charge in [-0.2, -0.15) is 0 Å². The molecule has 0 atom stereocenters. The third-order valence-corrected chi connectivity index (χ3v) is 0. The molecule has 0 amide bonds. The van der Waals surface area contributed by atoms with Crippen LogP contribution in [0.15, 0.2) is 0 Å². The van der Waals surface area contributed by atoms with Crippen molar-refractivity contribution < 1.29 is 16.5 Å². The number of halogens is 2. The van der Waals surface area contributed by atoms with Crippen molar-refractivity contribution in [3.05, 3.63) is 0 Å². The van der Waals surface area contributed by atoms with Crippen LogP contribution in [0.2, 0.25) is 0 Å². The summed E-state index contributed by atoms with van der Waals surface area (Å²) in [5, 5.41) is 6.08. The molecule has 0 spiro atoms. The van der Waals surface area contributed by atoms with Crippen molar-refractivity contribution in [3.63, 3.8) is 0 Å². The van der Waals surface area contributed by atoms with Crippen molar-refractivity contribution in [2.24, 2.45) is 0 Å². The van der Waals surface area contributed by atoms with Gasteiger partial charge in [0.2, 0.25) is 0 Å². The van der Waals surface area contributed by atoms with Crippen LogP contribution in [0.4, 0.5) is 0 Å². The van der Waals surface area contributed by atoms with Crippen LogP contribution in [0, 0.1) is 5.41 Å². The van der Waals surface area contributed by atoms with E-state index < -0.39 is 16.5 Å². The normalized spacial score (nSPS) is 5.00. The minimum atomic E-state index is -0.472. The maximum absolute atomic E-state index is 6.08. The fourth-order valence-electron chi connectivity index (χ4n) is 0. The second-order valence-electron chi connectivity index (χ2n) is 0.334. The first kappa shape index (κ1) is 15.7. The van der Waals surface area contributed by atoms with Gasteiger partial charge in [0.05, 0.1) is 0 Å². The molecular formula is C2H8Cl2N2Pt. The van der Waals surface area contributed by atoms with Gasteiger partial charge in [-0.25, -0.2) is 0 Å². The molecule has 0 rings (SSSR count). The first-order chi connectivity index (χ1) is 2.83. The van der Waals surface area contributed by atoms with Crippen LogP contribution < -0.4 is 6.15 Å². The molecule has 4 N–H and O–H groups in total. The fraction of sp³-hybridized carbons (Fsp3) is 0.500. The summed E-state index contributed by atoms with van der Waals surface area (Å²) in [6.07, 6.45) is 1.25. The molecular weight excluding hydrogens is 318 g/mol. The van der Waals surface area contributed by atoms with Gasteiger partial charge in [0.15, 0.2) is 0 Å². The van der Waals surface area contributed by atoms with Gasteiger partial charge in [-0.1, -0.05) is 0 Å². The van der Waals surface area contributed by atoms with Crippen LogP contribution in [-0.4, -0.2) is 6.21 Å². The second-order valence-corrected chi connectivity index (χ2v) is 3.62. The standard InChI is InChI=1S/C2H5N.2ClH.H3N.Pt/c1-2-3;;;;/h2-3H,1H3;2*1H;1H3;/q;;;;+2/p-2. The first-order valence-electron chi connectivity index (χ1n) is 1.11. The summed E-state index contributed by atoms with van der Waals surface area (Å²) >= 11 is -0.472. The van der Waals surface area contributed by atoms with E-state index in [-0.39, 0.29) is 6.15 Å². The van der Waals surface area contributed by atoms with E-state index >= 15 is 0 Å². The van der Waals surface area contributed by atoms with Gasteiger partial charge in [0.25, 0.3) is 0 Å². The molecule has 0 saturated carbocycles. The van der Waals surface area contributed by atoms with Crippen LogP contribution in [0.1, 0.15) is 6.92 Å². The predicted molar refractivity (Wildman–Crippen MR) is 31.2 cm³/mol. The van der Waals surface area contributed by atoms with Gasteiger partial charge in [0.1, 0.15) is 0 Å². The summed E-state index contributed by atoms with van der Waals surface area (Å²) in [6.45, 7) is 1.67. The average molecular weight is 326 g/mol. The Morgan fingerprint density at radius 2 is 1.57 bits per heavy atom. The molecule has 0 aliphatic heterocycles. The zero-order chi connectivity index (χ0) is 5.41. The Balaban J connectivity index is -0.0000000400. The van der Waals surface area contributed by atoms with E-state index in [4.69, 9.17) is 24.2 Å². The van der Waals surface area contributed by atoms with E-state index in [2.05, 4.69) is 0 Å². The molecule has 0 unspecified atom stereocenters. The molecule has 0 heterocycles. The van der Waals surface area contributed by atoms with E-state index in [1.807, 2.05) is 0 Å². The van der Waals surface area contributed by atoms with E-state index in [0.29, 0.717) is 0 Å². The quantitative estimate of drug-likeness (QED) is 0.659. The van der Waals surface area contributed by atoms with Crippen molar-refractivity contribution in [2.75, 3.05) is 0 Å². The maximum atomic E-state index is 6.08. The molecule has 0 radical (unpaired) electrons. The molecule has 7 heavy (non-hydrogen) atoms. The van der Waals surface area contributed by atoms with Gasteiger partial charge in [-0.15, -0.1) is 0 Å². The van der Waals surface area contributed by atoms with E-state index in [0.717, 1.165) is 0 Å². The summed E-state index contributed by atoms with van der Waals surface area (Å²) in [4.78, 5) is 0. The van der Waals surface area contributed by atoms with Crippen molar-refractivity contribution in [2.45, 2.75) is 6.92 Å². The Morgan fingerprint density at radius 3 is 1.57 bits per heavy atom. The van der Waals surface area contributed by atoms with Gasteiger partial charge < -0.3 is 11.6 Å². The molecule has 2 nitrogen and oxygen atoms in total. The van der Waals surface area contributed by atoms with Gasteiger partial charge >= 0.3 is 35.3 Å². The van der Waals surface area contributed by atoms with Crippen LogP contribution in [0.25, 0.3) is 0 Å². The molecule has 0 aromatic heterocycles. The Hall–Kier alpha value is 0.898. The fourth-order valence-corrected chi connectivity index (χ4v) is 0. The van der Waals surface area contributed by atoms with Crippen molar-refractivity contribution >= 4 is 25.1 Å². The topological polar surface area (TPSA) is 58.9 Å². The zero-order valence-corrected chi connectivity index (χ0v) is 7.64. The molecule has 0 aliphatic rings. The number of rotatable bonds is 0. The van der Waals surface area contributed by atoms with Gasteiger partial charge in [0, 0.05) is 0 Å². The van der Waals surface area contributed by atoms with E-state index in [1.54, 1.807) is 6.92 Å². The third-order valence-electron chi connectivity index (χ3n) is 0. The van der Waals surface area contributed by atoms with Crippen molar-refractivity contribution in [3.8, 4) is 0 Å². The Kier molecular flexibility index (Phi) is 63.9. The molecule has 0 aliphatic carbocycles. The summed E-state index contributed by atoms with van der Waals surface area (Å²) in [6, 6.07) is 0. The molecule has 50 valence electrons. The number of hydrogen-bond acceptors (Lipinski definition) is 2. The minimum absolute atomic E-state index is 0. The number of nitrogens with one attached hydrogen (secondary N) is 1. The first-order valence-corrected chi connectivity index (χ1v) is 6.74. The molecule has 0 aromatic rings. The van der Waals surface area contributed by atoms with Crippen LogP contribution in [-0.2, 0) is 16.5 Å². The molecule has 0 saturated heterocycles. The number of hydrogen-bond donors (Lipinski definition) is 2. The Morgan fingerprint density at radius 1 is 1.57 bits per heavy atom. The van der Waals surface area contributed by atoms with Crippen molar-refractivity contribution in [1.82, 2.24) is 6.15 Å². The van der Waals surface area contributed by atoms with Crippen molar-refractivity contribution in [1.29, 1.82) is 5.41 Å². The van der Waals surface area contributed by atoms with Crippen LogP contribution >= 0.6 is 18.8 Å². The molecule has 0 aromatic carbocycles. The van der Waals surface area contributed by atoms with Crippen LogP contribution in [0.3, 0.4) is 0 Å². The third kappa shape index (κ3) is 205. The van der Waals surface area contributed by atoms with Crippen LogP contribution in [0.5, 0.6) is 0 Å². The van der Waals surface area contributed by atoms with Gasteiger partial charge in [-0.3, -0.25) is 0 Å². The second kappa shape index (κ2) is 28.6. The monoisotopic (exact) mass is 325 g/mol.